The number of hydrogen-bond donors (Lipinski definition) is 3. The molecule has 2 aromatic carbocycles. The van der Waals surface area contributed by atoms with E-state index in [9.17, 15) is 4.79 Å². The third kappa shape index (κ3) is 6.33. The van der Waals surface area contributed by atoms with Crippen LogP contribution in [0, 0.1) is 0 Å². The van der Waals surface area contributed by atoms with Crippen LogP contribution in [-0.2, 0) is 13.0 Å². The van der Waals surface area contributed by atoms with Crippen molar-refractivity contribution in [1.29, 1.82) is 0 Å². The molecule has 0 aliphatic heterocycles. The van der Waals surface area contributed by atoms with E-state index in [1.807, 2.05) is 55.5 Å². The molecule has 2 rings (SSSR count). The highest BCUT2D eigenvalue weighted by Crippen LogP contribution is 2.17. The number of guanidine groups is 1. The van der Waals surface area contributed by atoms with Crippen LogP contribution in [0.1, 0.15) is 28.4 Å². The summed E-state index contributed by atoms with van der Waals surface area (Å²) in [5, 5.41) is 9.25. The maximum absolute atomic E-state index is 11.7. The van der Waals surface area contributed by atoms with Crippen LogP contribution in [0.5, 0.6) is 5.75 Å². The lowest BCUT2D eigenvalue weighted by molar-refractivity contribution is 0.0963. The van der Waals surface area contributed by atoms with Crippen LogP contribution in [0.3, 0.4) is 0 Å². The summed E-state index contributed by atoms with van der Waals surface area (Å²) >= 11 is 0. The summed E-state index contributed by atoms with van der Waals surface area (Å²) in [6.07, 6.45) is 0.793. The fraction of sp³-hybridized carbons (Fsp3) is 0.333. The number of nitrogens with zero attached hydrogens (tertiary/aromatic N) is 1. The number of ether oxygens (including phenoxy) is 1. The highest BCUT2D eigenvalue weighted by atomic mass is 16.5. The van der Waals surface area contributed by atoms with E-state index in [4.69, 9.17) is 4.74 Å². The number of nitrogens with one attached hydrogen (secondary N) is 3. The Kier molecular flexibility index (Phi) is 8.16. The zero-order valence-corrected chi connectivity index (χ0v) is 16.2. The summed E-state index contributed by atoms with van der Waals surface area (Å²) in [6, 6.07) is 15.6. The zero-order valence-electron chi connectivity index (χ0n) is 16.2. The molecule has 1 amide bonds. The Bertz CT molecular complexity index is 774. The molecule has 6 nitrogen and oxygen atoms in total. The van der Waals surface area contributed by atoms with Gasteiger partial charge in [0.25, 0.3) is 5.91 Å². The van der Waals surface area contributed by atoms with Gasteiger partial charge in [0.2, 0.25) is 0 Å². The third-order valence-corrected chi connectivity index (χ3v) is 4.06. The van der Waals surface area contributed by atoms with Crippen molar-refractivity contribution in [3.63, 3.8) is 0 Å². The minimum Gasteiger partial charge on any atom is -0.494 e. The van der Waals surface area contributed by atoms with Crippen LogP contribution in [-0.4, -0.2) is 39.1 Å². The molecule has 0 fully saturated rings. The first-order valence-electron chi connectivity index (χ1n) is 9.14. The second kappa shape index (κ2) is 10.9. The number of amides is 1. The molecule has 0 spiro atoms. The Morgan fingerprint density at radius 3 is 2.67 bits per heavy atom. The number of carbonyl (C=O) groups excluding carboxylic acids is 1. The van der Waals surface area contributed by atoms with Crippen molar-refractivity contribution in [2.45, 2.75) is 19.9 Å². The van der Waals surface area contributed by atoms with Gasteiger partial charge in [-0.25, -0.2) is 0 Å². The molecule has 0 atom stereocenters. The van der Waals surface area contributed by atoms with Gasteiger partial charge >= 0.3 is 0 Å². The molecule has 0 bridgehead atoms. The first-order valence-corrected chi connectivity index (χ1v) is 9.14. The lowest BCUT2D eigenvalue weighted by Crippen LogP contribution is -2.37. The van der Waals surface area contributed by atoms with E-state index in [0.717, 1.165) is 29.3 Å². The summed E-state index contributed by atoms with van der Waals surface area (Å²) < 4.78 is 5.65. The molecule has 0 radical (unpaired) electrons. The summed E-state index contributed by atoms with van der Waals surface area (Å²) in [5.74, 6) is 1.54. The molecule has 3 N–H and O–H groups in total. The first kappa shape index (κ1) is 20.3. The Morgan fingerprint density at radius 2 is 1.93 bits per heavy atom. The molecule has 0 saturated heterocycles. The molecule has 144 valence electrons. The molecule has 0 aromatic heterocycles. The van der Waals surface area contributed by atoms with Crippen LogP contribution in [0.2, 0.25) is 0 Å². The summed E-state index contributed by atoms with van der Waals surface area (Å²) in [4.78, 5) is 16.0. The van der Waals surface area contributed by atoms with Crippen LogP contribution in [0.4, 0.5) is 0 Å². The number of rotatable bonds is 8. The second-order valence-electron chi connectivity index (χ2n) is 5.92. The van der Waals surface area contributed by atoms with Crippen molar-refractivity contribution in [3.05, 3.63) is 65.2 Å². The van der Waals surface area contributed by atoms with Crippen molar-refractivity contribution in [3.8, 4) is 5.75 Å². The average molecular weight is 368 g/mol. The molecule has 0 saturated carbocycles. The molecule has 0 unspecified atom stereocenters. The van der Waals surface area contributed by atoms with Gasteiger partial charge in [-0.2, -0.15) is 0 Å². The van der Waals surface area contributed by atoms with Gasteiger partial charge < -0.3 is 20.7 Å². The molecular formula is C21H28N4O2. The summed E-state index contributed by atoms with van der Waals surface area (Å²) in [7, 11) is 3.38. The quantitative estimate of drug-likeness (QED) is 0.494. The molecule has 0 aliphatic carbocycles. The van der Waals surface area contributed by atoms with Gasteiger partial charge in [0, 0.05) is 38.3 Å². The smallest absolute Gasteiger partial charge is 0.251 e. The highest BCUT2D eigenvalue weighted by molar-refractivity contribution is 5.94. The van der Waals surface area contributed by atoms with E-state index in [0.29, 0.717) is 25.3 Å². The maximum Gasteiger partial charge on any atom is 0.251 e. The van der Waals surface area contributed by atoms with E-state index in [1.54, 1.807) is 14.1 Å². The Labute approximate surface area is 161 Å². The Morgan fingerprint density at radius 1 is 1.11 bits per heavy atom. The predicted molar refractivity (Wildman–Crippen MR) is 109 cm³/mol. The molecule has 0 heterocycles. The van der Waals surface area contributed by atoms with Gasteiger partial charge in [-0.05, 0) is 37.1 Å². The fourth-order valence-electron chi connectivity index (χ4n) is 2.68. The molecule has 27 heavy (non-hydrogen) atoms. The zero-order chi connectivity index (χ0) is 19.5. The van der Waals surface area contributed by atoms with Gasteiger partial charge in [-0.15, -0.1) is 0 Å². The highest BCUT2D eigenvalue weighted by Gasteiger charge is 2.05. The SMILES string of the molecule is CCOc1ccccc1CNC(=NC)NCCc1cccc(C(=O)NC)c1. The second-order valence-corrected chi connectivity index (χ2v) is 5.92. The molecule has 0 aliphatic rings. The Balaban J connectivity index is 1.85. The van der Waals surface area contributed by atoms with E-state index >= 15 is 0 Å². The van der Waals surface area contributed by atoms with Gasteiger partial charge in [0.15, 0.2) is 5.96 Å². The molecule has 2 aromatic rings. The van der Waals surface area contributed by atoms with E-state index in [1.165, 1.54) is 0 Å². The van der Waals surface area contributed by atoms with E-state index in [2.05, 4.69) is 20.9 Å². The fourth-order valence-corrected chi connectivity index (χ4v) is 2.68. The Hall–Kier alpha value is -3.02. The van der Waals surface area contributed by atoms with Gasteiger partial charge in [-0.1, -0.05) is 30.3 Å². The topological polar surface area (TPSA) is 74.8 Å². The normalized spacial score (nSPS) is 11.0. The van der Waals surface area contributed by atoms with Crippen LogP contribution in [0.15, 0.2) is 53.5 Å². The number of carbonyl (C=O) groups is 1. The predicted octanol–water partition coefficient (Wildman–Crippen LogP) is 2.35. The largest absolute Gasteiger partial charge is 0.494 e. The lowest BCUT2D eigenvalue weighted by atomic mass is 10.1. The maximum atomic E-state index is 11.7. The minimum absolute atomic E-state index is 0.0738. The van der Waals surface area contributed by atoms with Crippen LogP contribution >= 0.6 is 0 Å². The summed E-state index contributed by atoms with van der Waals surface area (Å²) in [6.45, 7) is 3.95. The van der Waals surface area contributed by atoms with Gasteiger partial charge in [0.1, 0.15) is 5.75 Å². The van der Waals surface area contributed by atoms with Crippen molar-refractivity contribution in [1.82, 2.24) is 16.0 Å². The van der Waals surface area contributed by atoms with Crippen molar-refractivity contribution in [2.75, 3.05) is 27.2 Å². The van der Waals surface area contributed by atoms with Crippen molar-refractivity contribution in [2.24, 2.45) is 4.99 Å². The van der Waals surface area contributed by atoms with Gasteiger partial charge in [-0.3, -0.25) is 9.79 Å². The molecule has 6 heteroatoms. The number of hydrogen-bond acceptors (Lipinski definition) is 3. The van der Waals surface area contributed by atoms with Gasteiger partial charge in [0.05, 0.1) is 6.61 Å². The average Bonchev–Trinajstić information content (AvgIpc) is 2.71. The molecular weight excluding hydrogens is 340 g/mol. The monoisotopic (exact) mass is 368 g/mol. The van der Waals surface area contributed by atoms with E-state index in [-0.39, 0.29) is 5.91 Å². The third-order valence-electron chi connectivity index (χ3n) is 4.06. The number of para-hydroxylation sites is 1. The standard InChI is InChI=1S/C21H28N4O2/c1-4-27-19-11-6-5-9-18(19)15-25-21(23-3)24-13-12-16-8-7-10-17(14-16)20(26)22-2/h5-11,14H,4,12-13,15H2,1-3H3,(H,22,26)(H2,23,24,25). The first-order chi connectivity index (χ1) is 13.2. The van der Waals surface area contributed by atoms with Crippen LogP contribution < -0.4 is 20.7 Å². The number of aliphatic imine (C=N–C) groups is 1. The van der Waals surface area contributed by atoms with Crippen molar-refractivity contribution < 1.29 is 9.53 Å². The lowest BCUT2D eigenvalue weighted by Gasteiger charge is -2.14. The van der Waals surface area contributed by atoms with E-state index < -0.39 is 0 Å². The van der Waals surface area contributed by atoms with Crippen molar-refractivity contribution >= 4 is 11.9 Å². The minimum atomic E-state index is -0.0738. The van der Waals surface area contributed by atoms with Crippen LogP contribution in [0.25, 0.3) is 0 Å². The number of benzene rings is 2. The summed E-state index contributed by atoms with van der Waals surface area (Å²) in [5.41, 5.74) is 2.85.